The molecule has 0 atom stereocenters. The summed E-state index contributed by atoms with van der Waals surface area (Å²) in [5.41, 5.74) is 7.19. The van der Waals surface area contributed by atoms with E-state index in [0.29, 0.717) is 36.1 Å². The van der Waals surface area contributed by atoms with E-state index < -0.39 is 0 Å². The number of hydrogen-bond acceptors (Lipinski definition) is 5. The van der Waals surface area contributed by atoms with E-state index in [1.807, 2.05) is 18.2 Å². The number of aromatic nitrogens is 3. The Labute approximate surface area is 149 Å². The summed E-state index contributed by atoms with van der Waals surface area (Å²) in [7, 11) is 0. The van der Waals surface area contributed by atoms with Crippen LogP contribution in [0.3, 0.4) is 0 Å². The Morgan fingerprint density at radius 2 is 2.00 bits per heavy atom. The summed E-state index contributed by atoms with van der Waals surface area (Å²) in [5.74, 6) is 0.168. The molecule has 8 heteroatoms. The average molecular weight is 362 g/mol. The number of hydrogen-bond donors (Lipinski definition) is 4. The molecule has 0 spiro atoms. The van der Waals surface area contributed by atoms with E-state index in [9.17, 15) is 9.59 Å². The van der Waals surface area contributed by atoms with Crippen LogP contribution in [0.1, 0.15) is 22.3 Å². The molecular formula is C17H20ClN5O2. The standard InChI is InChI=1S/C16H17N5O2.CH3Cl/c17-16-20-14-13(15(23)21-16)11(9-19-14)8-18-7-6-12(22)10-4-2-1-3-5-10;1-2/h1-5,9,18H,6-8H2,(H4,17,19,20,21,23);1H3. The molecule has 0 aliphatic rings. The van der Waals surface area contributed by atoms with Gasteiger partial charge in [-0.05, 0) is 5.56 Å². The maximum absolute atomic E-state index is 12.0. The molecule has 25 heavy (non-hydrogen) atoms. The van der Waals surface area contributed by atoms with Crippen molar-refractivity contribution in [3.05, 3.63) is 58.0 Å². The van der Waals surface area contributed by atoms with Gasteiger partial charge in [-0.2, -0.15) is 4.98 Å². The maximum atomic E-state index is 12.0. The first kappa shape index (κ1) is 18.7. The van der Waals surface area contributed by atoms with E-state index in [2.05, 4.69) is 31.9 Å². The molecule has 3 rings (SSSR count). The van der Waals surface area contributed by atoms with Gasteiger partial charge in [0.1, 0.15) is 5.65 Å². The Morgan fingerprint density at radius 3 is 2.72 bits per heavy atom. The molecule has 0 aliphatic carbocycles. The van der Waals surface area contributed by atoms with Crippen LogP contribution in [0.25, 0.3) is 11.0 Å². The molecule has 1 aromatic carbocycles. The number of rotatable bonds is 6. The first-order valence-electron chi connectivity index (χ1n) is 7.67. The molecule has 0 bridgehead atoms. The number of fused-ring (bicyclic) bond motifs is 1. The SMILES string of the molecule is CCl.Nc1nc2[nH]cc(CNCCC(=O)c3ccccc3)c2c(=O)[nH]1. The number of alkyl halides is 1. The molecule has 2 heterocycles. The van der Waals surface area contributed by atoms with Gasteiger partial charge in [0.15, 0.2) is 5.78 Å². The third kappa shape index (κ3) is 4.68. The largest absolute Gasteiger partial charge is 0.369 e. The van der Waals surface area contributed by atoms with Crippen LogP contribution in [0, 0.1) is 0 Å². The number of halogens is 1. The number of ketones is 1. The number of carbonyl (C=O) groups excluding carboxylic acids is 1. The van der Waals surface area contributed by atoms with Gasteiger partial charge in [0, 0.05) is 37.7 Å². The smallest absolute Gasteiger partial charge is 0.262 e. The molecule has 0 fully saturated rings. The topological polar surface area (TPSA) is 117 Å². The minimum Gasteiger partial charge on any atom is -0.369 e. The average Bonchev–Trinajstić information content (AvgIpc) is 3.04. The van der Waals surface area contributed by atoms with E-state index in [-0.39, 0.29) is 17.3 Å². The summed E-state index contributed by atoms with van der Waals surface area (Å²) >= 11 is 4.64. The van der Waals surface area contributed by atoms with Crippen molar-refractivity contribution in [3.8, 4) is 0 Å². The van der Waals surface area contributed by atoms with Crippen molar-refractivity contribution in [2.45, 2.75) is 13.0 Å². The minimum absolute atomic E-state index is 0.0808. The fraction of sp³-hybridized carbons (Fsp3) is 0.235. The van der Waals surface area contributed by atoms with Crippen molar-refractivity contribution in [2.24, 2.45) is 0 Å². The summed E-state index contributed by atoms with van der Waals surface area (Å²) in [5, 5.41) is 3.66. The van der Waals surface area contributed by atoms with Gasteiger partial charge in [-0.1, -0.05) is 30.3 Å². The summed E-state index contributed by atoms with van der Waals surface area (Å²) in [4.78, 5) is 33.4. The molecule has 0 unspecified atom stereocenters. The summed E-state index contributed by atoms with van der Waals surface area (Å²) in [6.45, 7) is 0.997. The third-order valence-corrected chi connectivity index (χ3v) is 3.58. The summed E-state index contributed by atoms with van der Waals surface area (Å²) < 4.78 is 0. The Morgan fingerprint density at radius 1 is 1.28 bits per heavy atom. The van der Waals surface area contributed by atoms with Crippen LogP contribution in [0.15, 0.2) is 41.3 Å². The lowest BCUT2D eigenvalue weighted by Crippen LogP contribution is -2.19. The minimum atomic E-state index is -0.272. The zero-order valence-electron chi connectivity index (χ0n) is 13.8. The van der Waals surface area contributed by atoms with Gasteiger partial charge in [0.25, 0.3) is 5.56 Å². The summed E-state index contributed by atoms with van der Waals surface area (Å²) in [6, 6.07) is 9.18. The number of benzene rings is 1. The van der Waals surface area contributed by atoms with E-state index in [1.165, 1.54) is 6.38 Å². The van der Waals surface area contributed by atoms with E-state index >= 15 is 0 Å². The van der Waals surface area contributed by atoms with Gasteiger partial charge in [-0.3, -0.25) is 14.6 Å². The van der Waals surface area contributed by atoms with Crippen LogP contribution in [-0.2, 0) is 6.54 Å². The highest BCUT2D eigenvalue weighted by Crippen LogP contribution is 2.12. The molecule has 2 aromatic heterocycles. The molecule has 0 saturated carbocycles. The normalized spacial score (nSPS) is 10.3. The van der Waals surface area contributed by atoms with E-state index in [4.69, 9.17) is 5.73 Å². The van der Waals surface area contributed by atoms with Crippen molar-refractivity contribution in [1.82, 2.24) is 20.3 Å². The van der Waals surface area contributed by atoms with Gasteiger partial charge in [-0.25, -0.2) is 0 Å². The van der Waals surface area contributed by atoms with Crippen LogP contribution in [0.5, 0.6) is 0 Å². The number of nitrogens with zero attached hydrogens (tertiary/aromatic N) is 1. The van der Waals surface area contributed by atoms with Crippen molar-refractivity contribution in [2.75, 3.05) is 18.7 Å². The Hall–Kier alpha value is -2.64. The molecule has 0 amide bonds. The van der Waals surface area contributed by atoms with Crippen LogP contribution >= 0.6 is 11.6 Å². The molecule has 5 N–H and O–H groups in total. The summed E-state index contributed by atoms with van der Waals surface area (Å²) in [6.07, 6.45) is 3.59. The molecule has 3 aromatic rings. The number of Topliss-reactive ketones (excluding diaryl/α,β-unsaturated/α-hetero) is 1. The molecular weight excluding hydrogens is 342 g/mol. The Kier molecular flexibility index (Phi) is 6.73. The lowest BCUT2D eigenvalue weighted by atomic mass is 10.1. The lowest BCUT2D eigenvalue weighted by molar-refractivity contribution is 0.0982. The first-order chi connectivity index (χ1) is 12.1. The van der Waals surface area contributed by atoms with Crippen LogP contribution < -0.4 is 16.6 Å². The number of anilines is 1. The van der Waals surface area contributed by atoms with Gasteiger partial charge < -0.3 is 16.0 Å². The lowest BCUT2D eigenvalue weighted by Gasteiger charge is -2.04. The quantitative estimate of drug-likeness (QED) is 0.304. The highest BCUT2D eigenvalue weighted by atomic mass is 35.5. The Bertz CT molecular complexity index is 889. The first-order valence-corrected chi connectivity index (χ1v) is 8.43. The van der Waals surface area contributed by atoms with E-state index in [1.54, 1.807) is 18.3 Å². The van der Waals surface area contributed by atoms with Crippen molar-refractivity contribution in [3.63, 3.8) is 0 Å². The second-order valence-corrected chi connectivity index (χ2v) is 5.20. The maximum Gasteiger partial charge on any atom is 0.262 e. The van der Waals surface area contributed by atoms with Crippen molar-refractivity contribution in [1.29, 1.82) is 0 Å². The monoisotopic (exact) mass is 361 g/mol. The second-order valence-electron chi connectivity index (χ2n) is 5.20. The molecule has 0 saturated heterocycles. The highest BCUT2D eigenvalue weighted by Gasteiger charge is 2.10. The third-order valence-electron chi connectivity index (χ3n) is 3.58. The van der Waals surface area contributed by atoms with Crippen molar-refractivity contribution < 1.29 is 4.79 Å². The fourth-order valence-corrected chi connectivity index (χ4v) is 2.45. The van der Waals surface area contributed by atoms with Crippen LogP contribution in [-0.4, -0.2) is 33.7 Å². The molecule has 0 aliphatic heterocycles. The number of aromatic amines is 2. The predicted molar refractivity (Wildman–Crippen MR) is 100 cm³/mol. The van der Waals surface area contributed by atoms with Crippen LogP contribution in [0.2, 0.25) is 0 Å². The number of nitrogens with one attached hydrogen (secondary N) is 3. The highest BCUT2D eigenvalue weighted by molar-refractivity contribution is 6.15. The van der Waals surface area contributed by atoms with Gasteiger partial charge >= 0.3 is 0 Å². The van der Waals surface area contributed by atoms with E-state index in [0.717, 1.165) is 5.56 Å². The zero-order chi connectivity index (χ0) is 18.2. The molecule has 132 valence electrons. The van der Waals surface area contributed by atoms with Gasteiger partial charge in [0.2, 0.25) is 5.95 Å². The van der Waals surface area contributed by atoms with Crippen molar-refractivity contribution >= 4 is 34.4 Å². The predicted octanol–water partition coefficient (Wildman–Crippen LogP) is 2.05. The van der Waals surface area contributed by atoms with Gasteiger partial charge in [-0.15, -0.1) is 11.6 Å². The number of H-pyrrole nitrogens is 2. The number of nitrogen functional groups attached to an aromatic ring is 1. The number of nitrogens with two attached hydrogens (primary N) is 1. The van der Waals surface area contributed by atoms with Crippen LogP contribution in [0.4, 0.5) is 5.95 Å². The second kappa shape index (κ2) is 9.00. The fourth-order valence-electron chi connectivity index (χ4n) is 2.45. The Balaban J connectivity index is 0.00000109. The zero-order valence-corrected chi connectivity index (χ0v) is 14.6. The number of carbonyl (C=O) groups is 1. The molecule has 7 nitrogen and oxygen atoms in total. The van der Waals surface area contributed by atoms with Gasteiger partial charge in [0.05, 0.1) is 5.39 Å². The molecule has 0 radical (unpaired) electrons.